The van der Waals surface area contributed by atoms with Crippen LogP contribution in [-0.4, -0.2) is 0 Å². The SMILES string of the molecule is CC(C)c1cc[c-]c(CN(c2ccccc2)c2ccccc2)c1.[Li+]. The fourth-order valence-electron chi connectivity index (χ4n) is 2.70. The van der Waals surface area contributed by atoms with E-state index in [4.69, 9.17) is 0 Å². The number of anilines is 2. The van der Waals surface area contributed by atoms with Crippen molar-refractivity contribution in [1.82, 2.24) is 0 Å². The Morgan fingerprint density at radius 1 is 0.833 bits per heavy atom. The van der Waals surface area contributed by atoms with E-state index in [1.54, 1.807) is 0 Å². The average Bonchev–Trinajstić information content (AvgIpc) is 2.61. The summed E-state index contributed by atoms with van der Waals surface area (Å²) < 4.78 is 0. The Balaban J connectivity index is 0.00000208. The van der Waals surface area contributed by atoms with Gasteiger partial charge in [-0.1, -0.05) is 50.2 Å². The zero-order chi connectivity index (χ0) is 16.1. The normalized spacial score (nSPS) is 10.3. The van der Waals surface area contributed by atoms with Crippen LogP contribution in [0.25, 0.3) is 0 Å². The molecule has 3 aromatic rings. The molecule has 0 saturated carbocycles. The first-order chi connectivity index (χ1) is 11.2. The average molecular weight is 307 g/mol. The maximum atomic E-state index is 3.39. The molecule has 24 heavy (non-hydrogen) atoms. The Kier molecular flexibility index (Phi) is 6.73. The second kappa shape index (κ2) is 8.78. The van der Waals surface area contributed by atoms with E-state index < -0.39 is 0 Å². The monoisotopic (exact) mass is 307 g/mol. The number of benzene rings is 3. The minimum absolute atomic E-state index is 0. The molecule has 0 radical (unpaired) electrons. The maximum Gasteiger partial charge on any atom is 1.00 e. The Hall–Kier alpha value is -1.94. The molecule has 0 N–H and O–H groups in total. The zero-order valence-electron chi connectivity index (χ0n) is 14.7. The molecule has 116 valence electrons. The summed E-state index contributed by atoms with van der Waals surface area (Å²) >= 11 is 0. The van der Waals surface area contributed by atoms with Gasteiger partial charge in [0.05, 0.1) is 0 Å². The molecule has 0 fully saturated rings. The van der Waals surface area contributed by atoms with Gasteiger partial charge in [-0.25, -0.2) is 0 Å². The van der Waals surface area contributed by atoms with Crippen molar-refractivity contribution < 1.29 is 18.9 Å². The van der Waals surface area contributed by atoms with Crippen molar-refractivity contribution in [3.8, 4) is 0 Å². The summed E-state index contributed by atoms with van der Waals surface area (Å²) in [5, 5.41) is 0. The summed E-state index contributed by atoms with van der Waals surface area (Å²) in [4.78, 5) is 2.33. The van der Waals surface area contributed by atoms with Crippen LogP contribution in [0.3, 0.4) is 0 Å². The minimum Gasteiger partial charge on any atom is -0.339 e. The van der Waals surface area contributed by atoms with Crippen molar-refractivity contribution in [2.24, 2.45) is 0 Å². The van der Waals surface area contributed by atoms with Crippen molar-refractivity contribution in [3.05, 3.63) is 96.1 Å². The molecular formula is C22H22LiN. The Morgan fingerprint density at radius 2 is 1.38 bits per heavy atom. The Bertz CT molecular complexity index is 699. The third kappa shape index (κ3) is 4.54. The van der Waals surface area contributed by atoms with Crippen LogP contribution < -0.4 is 23.8 Å². The predicted molar refractivity (Wildman–Crippen MR) is 98.1 cm³/mol. The summed E-state index contributed by atoms with van der Waals surface area (Å²) in [5.41, 5.74) is 4.97. The Labute approximate surface area is 157 Å². The summed E-state index contributed by atoms with van der Waals surface area (Å²) in [6, 6.07) is 30.9. The molecule has 0 saturated heterocycles. The number of nitrogens with zero attached hydrogens (tertiary/aromatic N) is 1. The smallest absolute Gasteiger partial charge is 0.339 e. The third-order valence-corrected chi connectivity index (χ3v) is 4.02. The summed E-state index contributed by atoms with van der Waals surface area (Å²) in [6.45, 7) is 5.27. The summed E-state index contributed by atoms with van der Waals surface area (Å²) in [7, 11) is 0. The molecule has 0 atom stereocenters. The molecule has 0 amide bonds. The van der Waals surface area contributed by atoms with Crippen LogP contribution >= 0.6 is 0 Å². The molecule has 0 unspecified atom stereocenters. The standard InChI is InChI=1S/C22H22N.Li/c1-18(2)20-11-9-10-19(16-20)17-23(21-12-5-3-6-13-21)22-14-7-4-8-15-22;/h3-9,11-16,18H,17H2,1-2H3;/q-1;+1. The van der Waals surface area contributed by atoms with Crippen LogP contribution in [0, 0.1) is 6.07 Å². The second-order valence-electron chi connectivity index (χ2n) is 6.06. The van der Waals surface area contributed by atoms with Crippen LogP contribution in [0.5, 0.6) is 0 Å². The fourth-order valence-corrected chi connectivity index (χ4v) is 2.70. The van der Waals surface area contributed by atoms with E-state index in [-0.39, 0.29) is 18.9 Å². The minimum atomic E-state index is 0. The Morgan fingerprint density at radius 3 is 1.88 bits per heavy atom. The van der Waals surface area contributed by atoms with Crippen molar-refractivity contribution in [2.75, 3.05) is 4.90 Å². The first kappa shape index (κ1) is 18.4. The molecule has 0 aliphatic rings. The van der Waals surface area contributed by atoms with Gasteiger partial charge in [-0.3, -0.25) is 0 Å². The maximum absolute atomic E-state index is 3.39. The molecule has 3 rings (SSSR count). The first-order valence-electron chi connectivity index (χ1n) is 8.12. The number of hydrogen-bond acceptors (Lipinski definition) is 1. The van der Waals surface area contributed by atoms with Crippen molar-refractivity contribution in [1.29, 1.82) is 0 Å². The summed E-state index contributed by atoms with van der Waals surface area (Å²) in [5.74, 6) is 0.533. The fraction of sp³-hybridized carbons (Fsp3) is 0.182. The molecule has 0 aromatic heterocycles. The van der Waals surface area contributed by atoms with E-state index in [0.717, 1.165) is 6.54 Å². The van der Waals surface area contributed by atoms with Gasteiger partial charge in [0.1, 0.15) is 0 Å². The van der Waals surface area contributed by atoms with Crippen molar-refractivity contribution in [2.45, 2.75) is 26.3 Å². The van der Waals surface area contributed by atoms with Crippen LogP contribution in [0.2, 0.25) is 0 Å². The van der Waals surface area contributed by atoms with Gasteiger partial charge in [0.25, 0.3) is 0 Å². The van der Waals surface area contributed by atoms with Crippen molar-refractivity contribution >= 4 is 11.4 Å². The number of hydrogen-bond donors (Lipinski definition) is 0. The number of rotatable bonds is 5. The molecular weight excluding hydrogens is 285 g/mol. The van der Waals surface area contributed by atoms with Gasteiger partial charge in [0.2, 0.25) is 0 Å². The predicted octanol–water partition coefficient (Wildman–Crippen LogP) is 2.95. The van der Waals surface area contributed by atoms with Gasteiger partial charge in [0, 0.05) is 17.9 Å². The largest absolute Gasteiger partial charge is 1.00 e. The molecule has 0 heterocycles. The van der Waals surface area contributed by atoms with Gasteiger partial charge < -0.3 is 4.90 Å². The van der Waals surface area contributed by atoms with E-state index in [0.29, 0.717) is 5.92 Å². The van der Waals surface area contributed by atoms with E-state index >= 15 is 0 Å². The van der Waals surface area contributed by atoms with Crippen LogP contribution in [0.1, 0.15) is 30.9 Å². The van der Waals surface area contributed by atoms with E-state index in [2.05, 4.69) is 97.6 Å². The molecule has 1 nitrogen and oxygen atoms in total. The molecule has 0 aliphatic carbocycles. The van der Waals surface area contributed by atoms with E-state index in [1.807, 2.05) is 6.07 Å². The van der Waals surface area contributed by atoms with Crippen LogP contribution in [0.4, 0.5) is 11.4 Å². The molecule has 0 aliphatic heterocycles. The second-order valence-corrected chi connectivity index (χ2v) is 6.06. The van der Waals surface area contributed by atoms with Gasteiger partial charge in [-0.15, -0.1) is 5.56 Å². The topological polar surface area (TPSA) is 3.24 Å². The van der Waals surface area contributed by atoms with Gasteiger partial charge >= 0.3 is 18.9 Å². The van der Waals surface area contributed by atoms with Gasteiger partial charge in [0.15, 0.2) is 0 Å². The van der Waals surface area contributed by atoms with Gasteiger partial charge in [-0.2, -0.15) is 29.8 Å². The van der Waals surface area contributed by atoms with E-state index in [9.17, 15) is 0 Å². The molecule has 3 aromatic carbocycles. The molecule has 0 bridgehead atoms. The molecule has 2 heteroatoms. The first-order valence-corrected chi connectivity index (χ1v) is 8.12. The number of para-hydroxylation sites is 2. The summed E-state index contributed by atoms with van der Waals surface area (Å²) in [6.07, 6.45) is 0. The third-order valence-electron chi connectivity index (χ3n) is 4.02. The van der Waals surface area contributed by atoms with Crippen LogP contribution in [0.15, 0.2) is 78.9 Å². The van der Waals surface area contributed by atoms with Gasteiger partial charge in [-0.05, 0) is 30.2 Å². The van der Waals surface area contributed by atoms with E-state index in [1.165, 1.54) is 22.5 Å². The van der Waals surface area contributed by atoms with Crippen LogP contribution in [-0.2, 0) is 6.54 Å². The molecule has 0 spiro atoms. The quantitative estimate of drug-likeness (QED) is 0.517. The zero-order valence-corrected chi connectivity index (χ0v) is 14.7. The van der Waals surface area contributed by atoms with Crippen molar-refractivity contribution in [3.63, 3.8) is 0 Å².